The summed E-state index contributed by atoms with van der Waals surface area (Å²) in [6, 6.07) is 0. The van der Waals surface area contributed by atoms with E-state index < -0.39 is 0 Å². The molecule has 0 N–H and O–H groups in total. The second kappa shape index (κ2) is 6.27. The third-order valence-corrected chi connectivity index (χ3v) is 1.17. The summed E-state index contributed by atoms with van der Waals surface area (Å²) in [6.07, 6.45) is 7.98. The number of carbonyl (C=O) groups is 1. The van der Waals surface area contributed by atoms with Crippen molar-refractivity contribution in [1.29, 1.82) is 0 Å². The number of allylic oxidation sites excluding steroid dienone is 3. The van der Waals surface area contributed by atoms with Crippen LogP contribution in [-0.2, 0) is 4.79 Å². The minimum atomic E-state index is 0.0901. The molecule has 0 spiro atoms. The lowest BCUT2D eigenvalue weighted by Gasteiger charge is -1.85. The quantitative estimate of drug-likeness (QED) is 0.421. The van der Waals surface area contributed by atoms with Gasteiger partial charge in [0.25, 0.3) is 0 Å². The summed E-state index contributed by atoms with van der Waals surface area (Å²) in [6.45, 7) is 5.49. The lowest BCUT2D eigenvalue weighted by Crippen LogP contribution is -1.86. The Hall–Kier alpha value is -0.850. The van der Waals surface area contributed by atoms with Crippen LogP contribution in [0, 0.1) is 0 Å². The van der Waals surface area contributed by atoms with E-state index in [1.54, 1.807) is 0 Å². The van der Waals surface area contributed by atoms with Gasteiger partial charge >= 0.3 is 0 Å². The van der Waals surface area contributed by atoms with Gasteiger partial charge in [-0.1, -0.05) is 32.1 Å². The summed E-state index contributed by atoms with van der Waals surface area (Å²) < 4.78 is 0. The van der Waals surface area contributed by atoms with Crippen molar-refractivity contribution in [3.8, 4) is 0 Å². The normalized spacial score (nSPS) is 10.1. The first-order chi connectivity index (χ1) is 4.81. The van der Waals surface area contributed by atoms with Crippen molar-refractivity contribution in [2.24, 2.45) is 0 Å². The molecule has 1 heteroatoms. The zero-order chi connectivity index (χ0) is 7.82. The minimum Gasteiger partial charge on any atom is -0.295 e. The van der Waals surface area contributed by atoms with Crippen molar-refractivity contribution in [3.05, 3.63) is 24.8 Å². The summed E-state index contributed by atoms with van der Waals surface area (Å²) in [5.41, 5.74) is 0. The highest BCUT2D eigenvalue weighted by Gasteiger charge is 1.87. The third-order valence-electron chi connectivity index (χ3n) is 1.17. The Balaban J connectivity index is 3.33. The number of rotatable bonds is 5. The van der Waals surface area contributed by atoms with Crippen LogP contribution in [0.25, 0.3) is 0 Å². The average Bonchev–Trinajstić information content (AvgIpc) is 1.98. The van der Waals surface area contributed by atoms with Crippen molar-refractivity contribution < 1.29 is 4.79 Å². The first-order valence-corrected chi connectivity index (χ1v) is 3.61. The fourth-order valence-electron chi connectivity index (χ4n) is 0.567. The maximum Gasteiger partial charge on any atom is 0.158 e. The van der Waals surface area contributed by atoms with Gasteiger partial charge < -0.3 is 0 Å². The molecule has 0 fully saturated rings. The van der Waals surface area contributed by atoms with Gasteiger partial charge in [0, 0.05) is 6.42 Å². The van der Waals surface area contributed by atoms with Gasteiger partial charge in [0.05, 0.1) is 0 Å². The SMILES string of the molecule is C=CC(=O)C/C=C/CCC. The molecule has 0 saturated carbocycles. The second-order valence-electron chi connectivity index (χ2n) is 2.13. The highest BCUT2D eigenvalue weighted by Crippen LogP contribution is 1.92. The Morgan fingerprint density at radius 1 is 1.50 bits per heavy atom. The lowest BCUT2D eigenvalue weighted by molar-refractivity contribution is -0.113. The first-order valence-electron chi connectivity index (χ1n) is 3.61. The van der Waals surface area contributed by atoms with Gasteiger partial charge in [0.15, 0.2) is 5.78 Å². The molecule has 0 aromatic heterocycles. The van der Waals surface area contributed by atoms with Crippen LogP contribution < -0.4 is 0 Å². The Morgan fingerprint density at radius 2 is 2.20 bits per heavy atom. The van der Waals surface area contributed by atoms with E-state index in [0.29, 0.717) is 6.42 Å². The molecule has 1 nitrogen and oxygen atoms in total. The molecule has 0 unspecified atom stereocenters. The van der Waals surface area contributed by atoms with Gasteiger partial charge in [-0.2, -0.15) is 0 Å². The molecule has 0 aliphatic carbocycles. The van der Waals surface area contributed by atoms with Gasteiger partial charge in [0.1, 0.15) is 0 Å². The van der Waals surface area contributed by atoms with Crippen LogP contribution in [0.5, 0.6) is 0 Å². The molecule has 0 radical (unpaired) electrons. The standard InChI is InChI=1S/C9H14O/c1-3-5-6-7-8-9(10)4-2/h4,6-7H,2-3,5,8H2,1H3/b7-6+. The number of ketones is 1. The lowest BCUT2D eigenvalue weighted by atomic mass is 10.2. The molecule has 0 aliphatic heterocycles. The summed E-state index contributed by atoms with van der Waals surface area (Å²) in [4.78, 5) is 10.6. The molecule has 0 bridgehead atoms. The molecule has 0 atom stereocenters. The molecule has 56 valence electrons. The molecule has 10 heavy (non-hydrogen) atoms. The summed E-state index contributed by atoms with van der Waals surface area (Å²) in [7, 11) is 0. The first kappa shape index (κ1) is 9.15. The highest BCUT2D eigenvalue weighted by atomic mass is 16.1. The van der Waals surface area contributed by atoms with Crippen LogP contribution in [0.4, 0.5) is 0 Å². The van der Waals surface area contributed by atoms with Crippen LogP contribution in [0.2, 0.25) is 0 Å². The monoisotopic (exact) mass is 138 g/mol. The van der Waals surface area contributed by atoms with Gasteiger partial charge in [0.2, 0.25) is 0 Å². The largest absolute Gasteiger partial charge is 0.295 e. The van der Waals surface area contributed by atoms with Crippen LogP contribution in [0.15, 0.2) is 24.8 Å². The predicted molar refractivity (Wildman–Crippen MR) is 43.9 cm³/mol. The van der Waals surface area contributed by atoms with E-state index in [0.717, 1.165) is 12.8 Å². The van der Waals surface area contributed by atoms with Gasteiger partial charge in [-0.05, 0) is 12.5 Å². The maximum absolute atomic E-state index is 10.6. The molecule has 0 saturated heterocycles. The van der Waals surface area contributed by atoms with E-state index in [1.165, 1.54) is 6.08 Å². The van der Waals surface area contributed by atoms with Crippen LogP contribution in [0.3, 0.4) is 0 Å². The molecular weight excluding hydrogens is 124 g/mol. The van der Waals surface area contributed by atoms with E-state index in [-0.39, 0.29) is 5.78 Å². The third kappa shape index (κ3) is 5.29. The Kier molecular flexibility index (Phi) is 5.74. The van der Waals surface area contributed by atoms with Crippen molar-refractivity contribution in [3.63, 3.8) is 0 Å². The predicted octanol–water partition coefficient (Wildman–Crippen LogP) is 2.49. The molecule has 0 aliphatic rings. The van der Waals surface area contributed by atoms with E-state index in [2.05, 4.69) is 13.5 Å². The summed E-state index contributed by atoms with van der Waals surface area (Å²) in [5, 5.41) is 0. The molecular formula is C9H14O. The Morgan fingerprint density at radius 3 is 2.70 bits per heavy atom. The van der Waals surface area contributed by atoms with E-state index in [9.17, 15) is 4.79 Å². The van der Waals surface area contributed by atoms with Crippen LogP contribution in [0.1, 0.15) is 26.2 Å². The summed E-state index contributed by atoms with van der Waals surface area (Å²) in [5.74, 6) is 0.0901. The Labute approximate surface area is 62.4 Å². The fraction of sp³-hybridized carbons (Fsp3) is 0.444. The van der Waals surface area contributed by atoms with Gasteiger partial charge in [-0.3, -0.25) is 4.79 Å². The summed E-state index contributed by atoms with van der Waals surface area (Å²) >= 11 is 0. The highest BCUT2D eigenvalue weighted by molar-refractivity contribution is 5.90. The van der Waals surface area contributed by atoms with Crippen molar-refractivity contribution in [1.82, 2.24) is 0 Å². The maximum atomic E-state index is 10.6. The number of hydrogen-bond donors (Lipinski definition) is 0. The molecule has 0 aromatic carbocycles. The molecule has 0 rings (SSSR count). The van der Waals surface area contributed by atoms with Crippen LogP contribution >= 0.6 is 0 Å². The molecule has 0 heterocycles. The number of unbranched alkanes of at least 4 members (excludes halogenated alkanes) is 1. The van der Waals surface area contributed by atoms with Crippen molar-refractivity contribution in [2.45, 2.75) is 26.2 Å². The van der Waals surface area contributed by atoms with Crippen molar-refractivity contribution in [2.75, 3.05) is 0 Å². The minimum absolute atomic E-state index is 0.0901. The number of hydrogen-bond acceptors (Lipinski definition) is 1. The zero-order valence-electron chi connectivity index (χ0n) is 6.47. The topological polar surface area (TPSA) is 17.1 Å². The van der Waals surface area contributed by atoms with E-state index in [4.69, 9.17) is 0 Å². The molecule has 0 aromatic rings. The van der Waals surface area contributed by atoms with Crippen LogP contribution in [-0.4, -0.2) is 5.78 Å². The zero-order valence-corrected chi connectivity index (χ0v) is 6.47. The van der Waals surface area contributed by atoms with Gasteiger partial charge in [-0.15, -0.1) is 0 Å². The van der Waals surface area contributed by atoms with Crippen molar-refractivity contribution >= 4 is 5.78 Å². The fourth-order valence-corrected chi connectivity index (χ4v) is 0.567. The number of carbonyl (C=O) groups excluding carboxylic acids is 1. The second-order valence-corrected chi connectivity index (χ2v) is 2.13. The average molecular weight is 138 g/mol. The molecule has 0 amide bonds. The Bertz CT molecular complexity index is 134. The van der Waals surface area contributed by atoms with E-state index in [1.807, 2.05) is 12.2 Å². The van der Waals surface area contributed by atoms with Gasteiger partial charge in [-0.25, -0.2) is 0 Å². The van der Waals surface area contributed by atoms with E-state index >= 15 is 0 Å². The smallest absolute Gasteiger partial charge is 0.158 e.